The summed E-state index contributed by atoms with van der Waals surface area (Å²) in [6.45, 7) is 1.90. The highest BCUT2D eigenvalue weighted by molar-refractivity contribution is 7.89. The number of benzene rings is 1. The SMILES string of the molecule is Cc1ccc(Cl)cc1S(=O)(=O)N1CCCC[C@@H]1C(=O)O. The number of aryl methyl sites for hydroxylation is 1. The van der Waals surface area contributed by atoms with Gasteiger partial charge in [0.15, 0.2) is 0 Å². The quantitative estimate of drug-likeness (QED) is 0.928. The van der Waals surface area contributed by atoms with Crippen molar-refractivity contribution in [3.05, 3.63) is 28.8 Å². The Balaban J connectivity index is 2.47. The summed E-state index contributed by atoms with van der Waals surface area (Å²) in [5.74, 6) is -1.10. The van der Waals surface area contributed by atoms with E-state index in [1.54, 1.807) is 19.1 Å². The number of sulfonamides is 1. The van der Waals surface area contributed by atoms with Crippen LogP contribution in [0.15, 0.2) is 23.1 Å². The molecule has 0 amide bonds. The Bertz CT molecular complexity index is 629. The van der Waals surface area contributed by atoms with Crippen LogP contribution in [0.3, 0.4) is 0 Å². The van der Waals surface area contributed by atoms with Crippen molar-refractivity contribution in [1.82, 2.24) is 4.31 Å². The third-order valence-electron chi connectivity index (χ3n) is 3.48. The van der Waals surface area contributed by atoms with E-state index in [1.165, 1.54) is 6.07 Å². The summed E-state index contributed by atoms with van der Waals surface area (Å²) in [7, 11) is -3.84. The lowest BCUT2D eigenvalue weighted by Gasteiger charge is -2.32. The lowest BCUT2D eigenvalue weighted by Crippen LogP contribution is -2.47. The predicted molar refractivity (Wildman–Crippen MR) is 75.4 cm³/mol. The van der Waals surface area contributed by atoms with Crippen molar-refractivity contribution in [2.45, 2.75) is 37.1 Å². The second-order valence-electron chi connectivity index (χ2n) is 4.88. The molecule has 0 spiro atoms. The molecule has 0 aliphatic carbocycles. The molecular weight excluding hydrogens is 302 g/mol. The number of hydrogen-bond acceptors (Lipinski definition) is 3. The maximum Gasteiger partial charge on any atom is 0.322 e. The molecule has 1 aliphatic heterocycles. The molecule has 5 nitrogen and oxygen atoms in total. The number of rotatable bonds is 3. The van der Waals surface area contributed by atoms with Crippen LogP contribution in [0.25, 0.3) is 0 Å². The standard InChI is InChI=1S/C13H16ClNO4S/c1-9-5-6-10(14)8-12(9)20(18,19)15-7-3-2-4-11(15)13(16)17/h5-6,8,11H,2-4,7H2,1H3,(H,16,17)/t11-/m1/s1. The molecule has 1 aliphatic rings. The number of carbonyl (C=O) groups is 1. The Morgan fingerprint density at radius 1 is 1.40 bits per heavy atom. The van der Waals surface area contributed by atoms with Gasteiger partial charge in [0.2, 0.25) is 10.0 Å². The first kappa shape index (κ1) is 15.3. The first-order valence-corrected chi connectivity index (χ1v) is 8.16. The topological polar surface area (TPSA) is 74.7 Å². The molecule has 0 bridgehead atoms. The highest BCUT2D eigenvalue weighted by Gasteiger charge is 2.38. The molecule has 1 aromatic rings. The van der Waals surface area contributed by atoms with Gasteiger partial charge in [0.25, 0.3) is 0 Å². The normalized spacial score (nSPS) is 20.8. The maximum absolute atomic E-state index is 12.7. The van der Waals surface area contributed by atoms with Crippen LogP contribution in [-0.4, -0.2) is 36.4 Å². The Hall–Kier alpha value is -1.11. The number of halogens is 1. The minimum atomic E-state index is -3.84. The van der Waals surface area contributed by atoms with Crippen LogP contribution in [0.4, 0.5) is 0 Å². The summed E-state index contributed by atoms with van der Waals surface area (Å²) in [5.41, 5.74) is 0.559. The zero-order valence-corrected chi connectivity index (χ0v) is 12.6. The predicted octanol–water partition coefficient (Wildman–Crippen LogP) is 2.28. The molecule has 1 N–H and O–H groups in total. The van der Waals surface area contributed by atoms with Gasteiger partial charge in [-0.05, 0) is 43.9 Å². The van der Waals surface area contributed by atoms with Crippen molar-refractivity contribution in [2.24, 2.45) is 0 Å². The molecule has 0 saturated carbocycles. The lowest BCUT2D eigenvalue weighted by molar-refractivity contribution is -0.142. The Morgan fingerprint density at radius 3 is 2.75 bits per heavy atom. The molecule has 0 radical (unpaired) electrons. The second-order valence-corrected chi connectivity index (χ2v) is 7.17. The highest BCUT2D eigenvalue weighted by Crippen LogP contribution is 2.28. The van der Waals surface area contributed by atoms with Crippen LogP contribution in [0, 0.1) is 6.92 Å². The average molecular weight is 318 g/mol. The molecule has 2 rings (SSSR count). The first-order chi connectivity index (χ1) is 9.34. The van der Waals surface area contributed by atoms with Crippen molar-refractivity contribution in [3.8, 4) is 0 Å². The van der Waals surface area contributed by atoms with Crippen molar-refractivity contribution < 1.29 is 18.3 Å². The van der Waals surface area contributed by atoms with Gasteiger partial charge < -0.3 is 5.11 Å². The fraction of sp³-hybridized carbons (Fsp3) is 0.462. The van der Waals surface area contributed by atoms with Gasteiger partial charge in [0.1, 0.15) is 6.04 Å². The lowest BCUT2D eigenvalue weighted by atomic mass is 10.1. The minimum Gasteiger partial charge on any atom is -0.480 e. The summed E-state index contributed by atoms with van der Waals surface area (Å²) in [5, 5.41) is 9.53. The molecule has 1 saturated heterocycles. The number of carboxylic acids is 1. The zero-order valence-electron chi connectivity index (χ0n) is 11.0. The maximum atomic E-state index is 12.7. The fourth-order valence-electron chi connectivity index (χ4n) is 2.42. The largest absolute Gasteiger partial charge is 0.480 e. The van der Waals surface area contributed by atoms with Crippen molar-refractivity contribution in [3.63, 3.8) is 0 Å². The van der Waals surface area contributed by atoms with Gasteiger partial charge >= 0.3 is 5.97 Å². The molecular formula is C13H16ClNO4S. The van der Waals surface area contributed by atoms with Crippen LogP contribution >= 0.6 is 11.6 Å². The van der Waals surface area contributed by atoms with E-state index in [0.29, 0.717) is 23.4 Å². The van der Waals surface area contributed by atoms with E-state index in [-0.39, 0.29) is 11.4 Å². The number of carboxylic acid groups (broad SMARTS) is 1. The van der Waals surface area contributed by atoms with Gasteiger partial charge in [0, 0.05) is 11.6 Å². The molecule has 0 unspecified atom stereocenters. The van der Waals surface area contributed by atoms with Gasteiger partial charge in [0.05, 0.1) is 4.90 Å². The zero-order chi connectivity index (χ0) is 14.9. The smallest absolute Gasteiger partial charge is 0.322 e. The number of hydrogen-bond donors (Lipinski definition) is 1. The molecule has 110 valence electrons. The molecule has 20 heavy (non-hydrogen) atoms. The second kappa shape index (κ2) is 5.71. The highest BCUT2D eigenvalue weighted by atomic mass is 35.5. The van der Waals surface area contributed by atoms with Crippen LogP contribution in [0.1, 0.15) is 24.8 Å². The van der Waals surface area contributed by atoms with Gasteiger partial charge in [-0.25, -0.2) is 8.42 Å². The minimum absolute atomic E-state index is 0.0816. The fourth-order valence-corrected chi connectivity index (χ4v) is 4.56. The summed E-state index contributed by atoms with van der Waals surface area (Å²) in [6, 6.07) is 3.61. The number of aliphatic carboxylic acids is 1. The number of piperidine rings is 1. The third-order valence-corrected chi connectivity index (χ3v) is 5.76. The molecule has 1 aromatic carbocycles. The van der Waals surface area contributed by atoms with E-state index >= 15 is 0 Å². The Labute approximate surface area is 123 Å². The summed E-state index contributed by atoms with van der Waals surface area (Å²) >= 11 is 5.86. The van der Waals surface area contributed by atoms with E-state index in [1.807, 2.05) is 0 Å². The van der Waals surface area contributed by atoms with E-state index in [4.69, 9.17) is 11.6 Å². The van der Waals surface area contributed by atoms with Crippen LogP contribution in [0.5, 0.6) is 0 Å². The monoisotopic (exact) mass is 317 g/mol. The Morgan fingerprint density at radius 2 is 2.10 bits per heavy atom. The van der Waals surface area contributed by atoms with E-state index in [9.17, 15) is 18.3 Å². The van der Waals surface area contributed by atoms with Crippen molar-refractivity contribution in [1.29, 1.82) is 0 Å². The average Bonchev–Trinajstić information content (AvgIpc) is 2.41. The summed E-state index contributed by atoms with van der Waals surface area (Å²) in [6.07, 6.45) is 1.73. The molecule has 1 heterocycles. The van der Waals surface area contributed by atoms with Gasteiger partial charge in [-0.2, -0.15) is 4.31 Å². The molecule has 1 atom stereocenters. The van der Waals surface area contributed by atoms with Crippen LogP contribution in [-0.2, 0) is 14.8 Å². The van der Waals surface area contributed by atoms with E-state index < -0.39 is 22.0 Å². The number of nitrogens with zero attached hydrogens (tertiary/aromatic N) is 1. The summed E-state index contributed by atoms with van der Waals surface area (Å²) in [4.78, 5) is 11.3. The van der Waals surface area contributed by atoms with Crippen molar-refractivity contribution >= 4 is 27.6 Å². The molecule has 0 aromatic heterocycles. The van der Waals surface area contributed by atoms with Crippen molar-refractivity contribution in [2.75, 3.05) is 6.54 Å². The van der Waals surface area contributed by atoms with Gasteiger partial charge in [-0.15, -0.1) is 0 Å². The van der Waals surface area contributed by atoms with Crippen LogP contribution in [0.2, 0.25) is 5.02 Å². The van der Waals surface area contributed by atoms with Gasteiger partial charge in [-0.1, -0.05) is 17.7 Å². The van der Waals surface area contributed by atoms with Gasteiger partial charge in [-0.3, -0.25) is 4.79 Å². The van der Waals surface area contributed by atoms with E-state index in [0.717, 1.165) is 10.7 Å². The summed E-state index contributed by atoms with van der Waals surface area (Å²) < 4.78 is 26.4. The molecule has 1 fully saturated rings. The first-order valence-electron chi connectivity index (χ1n) is 6.35. The molecule has 7 heteroatoms. The van der Waals surface area contributed by atoms with E-state index in [2.05, 4.69) is 0 Å². The third kappa shape index (κ3) is 2.82. The Kier molecular flexibility index (Phi) is 4.36. The van der Waals surface area contributed by atoms with Crippen LogP contribution < -0.4 is 0 Å².